The first kappa shape index (κ1) is 8.58. The Morgan fingerprint density at radius 3 is 2.83 bits per heavy atom. The molecule has 0 bridgehead atoms. The predicted octanol–water partition coefficient (Wildman–Crippen LogP) is 0.553. The predicted molar refractivity (Wildman–Crippen MR) is 39.6 cm³/mol. The fraction of sp³-hybridized carbons (Fsp3) is 0.429. The van der Waals surface area contributed by atoms with Gasteiger partial charge < -0.3 is 19.7 Å². The second kappa shape index (κ2) is 3.25. The highest BCUT2D eigenvalue weighted by atomic mass is 16.5. The summed E-state index contributed by atoms with van der Waals surface area (Å²) in [4.78, 5) is 10.0. The molecule has 1 aromatic rings. The van der Waals surface area contributed by atoms with Crippen LogP contribution in [0.2, 0.25) is 0 Å². The summed E-state index contributed by atoms with van der Waals surface area (Å²) >= 11 is 0. The zero-order valence-electron chi connectivity index (χ0n) is 6.83. The monoisotopic (exact) mass is 169 g/mol. The molecule has 0 spiro atoms. The maximum Gasteiger partial charge on any atom is 0.174 e. The molecule has 1 aromatic heterocycles. The molecule has 0 saturated heterocycles. The summed E-state index contributed by atoms with van der Waals surface area (Å²) in [6.45, 7) is 3.84. The fourth-order valence-corrected chi connectivity index (χ4v) is 0.725. The number of nitrogens with one attached hydrogen (secondary N) is 1. The van der Waals surface area contributed by atoms with Crippen LogP contribution in [-0.4, -0.2) is 11.2 Å². The van der Waals surface area contributed by atoms with Crippen LogP contribution in [0, 0.1) is 0 Å². The lowest BCUT2D eigenvalue weighted by Gasteiger charge is -1.98. The quantitative estimate of drug-likeness (QED) is 0.701. The molecule has 0 fully saturated rings. The van der Waals surface area contributed by atoms with Gasteiger partial charge in [0.05, 0.1) is 0 Å². The van der Waals surface area contributed by atoms with Crippen molar-refractivity contribution < 1.29 is 14.4 Å². The number of aromatic nitrogens is 1. The molecule has 5 nitrogen and oxygen atoms in total. The number of carbonyl (C=O) groups is 1. The van der Waals surface area contributed by atoms with Crippen LogP contribution >= 0.6 is 0 Å². The summed E-state index contributed by atoms with van der Waals surface area (Å²) in [6.07, 6.45) is -1.39. The first-order valence-electron chi connectivity index (χ1n) is 3.54. The number of hydrogen-bond donors (Lipinski definition) is 1. The third-order valence-corrected chi connectivity index (χ3v) is 1.33. The number of nitrogens with zero attached hydrogens (tertiary/aromatic N) is 1. The number of anilines is 1. The van der Waals surface area contributed by atoms with Crippen molar-refractivity contribution in [2.75, 3.05) is 5.32 Å². The highest BCUT2D eigenvalue weighted by molar-refractivity contribution is 5.79. The van der Waals surface area contributed by atoms with Crippen molar-refractivity contribution in [2.24, 2.45) is 0 Å². The topological polar surface area (TPSA) is 78.2 Å². The average molecular weight is 169 g/mol. The van der Waals surface area contributed by atoms with Crippen LogP contribution in [0.3, 0.4) is 0 Å². The fourth-order valence-electron chi connectivity index (χ4n) is 0.725. The highest BCUT2D eigenvalue weighted by Crippen LogP contribution is 2.17. The van der Waals surface area contributed by atoms with Gasteiger partial charge in [0.1, 0.15) is 11.9 Å². The van der Waals surface area contributed by atoms with Crippen LogP contribution in [0.15, 0.2) is 10.6 Å². The van der Waals surface area contributed by atoms with E-state index in [1.54, 1.807) is 0 Å². The second-order valence-electron chi connectivity index (χ2n) is 2.68. The van der Waals surface area contributed by atoms with Gasteiger partial charge in [0.2, 0.25) is 0 Å². The van der Waals surface area contributed by atoms with Gasteiger partial charge in [-0.2, -0.15) is 0 Å². The van der Waals surface area contributed by atoms with Crippen molar-refractivity contribution in [3.8, 4) is 0 Å². The summed E-state index contributed by atoms with van der Waals surface area (Å²) in [6, 6.07) is 1.53. The summed E-state index contributed by atoms with van der Waals surface area (Å²) in [5, 5.41) is 15.5. The Kier molecular flexibility index (Phi) is 2.32. The summed E-state index contributed by atoms with van der Waals surface area (Å²) < 4.78 is 4.82. The number of hydrogen-bond acceptors (Lipinski definition) is 4. The van der Waals surface area contributed by atoms with Gasteiger partial charge in [0, 0.05) is 12.0 Å². The van der Waals surface area contributed by atoms with Gasteiger partial charge in [0.25, 0.3) is 0 Å². The second-order valence-corrected chi connectivity index (χ2v) is 2.68. The largest absolute Gasteiger partial charge is 0.530 e. The zero-order valence-corrected chi connectivity index (χ0v) is 6.83. The van der Waals surface area contributed by atoms with Crippen molar-refractivity contribution in [2.45, 2.75) is 19.8 Å². The van der Waals surface area contributed by atoms with E-state index in [1.165, 1.54) is 6.07 Å². The van der Waals surface area contributed by atoms with Gasteiger partial charge in [-0.05, 0) is 0 Å². The maximum absolute atomic E-state index is 10.0. The van der Waals surface area contributed by atoms with Crippen molar-refractivity contribution in [3.05, 3.63) is 11.8 Å². The van der Waals surface area contributed by atoms with E-state index in [0.717, 1.165) is 0 Å². The van der Waals surface area contributed by atoms with Crippen LogP contribution in [0.5, 0.6) is 0 Å². The normalized spacial score (nSPS) is 10.2. The number of carboxylic acid groups (broad SMARTS) is 1. The average Bonchev–Trinajstić information content (AvgIpc) is 2.34. The van der Waals surface area contributed by atoms with Gasteiger partial charge in [-0.15, -0.1) is 0 Å². The Balaban J connectivity index is 2.70. The summed E-state index contributed by atoms with van der Waals surface area (Å²) in [5.74, 6) is 0.993. The Labute approximate surface area is 69.4 Å². The van der Waals surface area contributed by atoms with Gasteiger partial charge in [-0.1, -0.05) is 19.0 Å². The molecule has 5 heteroatoms. The lowest BCUT2D eigenvalue weighted by molar-refractivity contribution is -0.242. The number of rotatable bonds is 2. The summed E-state index contributed by atoms with van der Waals surface area (Å²) in [7, 11) is 0. The Hall–Kier alpha value is -1.52. The van der Waals surface area contributed by atoms with E-state index in [-0.39, 0.29) is 11.7 Å². The first-order valence-corrected chi connectivity index (χ1v) is 3.54. The molecule has 0 aliphatic carbocycles. The molecule has 0 aliphatic heterocycles. The van der Waals surface area contributed by atoms with Crippen molar-refractivity contribution >= 4 is 11.9 Å². The molecule has 0 aliphatic rings. The van der Waals surface area contributed by atoms with E-state index >= 15 is 0 Å². The minimum Gasteiger partial charge on any atom is -0.530 e. The molecule has 0 aromatic carbocycles. The Morgan fingerprint density at radius 1 is 1.75 bits per heavy atom. The van der Waals surface area contributed by atoms with E-state index in [0.29, 0.717) is 5.76 Å². The summed E-state index contributed by atoms with van der Waals surface area (Å²) in [5.41, 5.74) is 0. The molecule has 1 heterocycles. The van der Waals surface area contributed by atoms with Crippen molar-refractivity contribution in [1.29, 1.82) is 0 Å². The highest BCUT2D eigenvalue weighted by Gasteiger charge is 2.06. The molecule has 0 atom stereocenters. The van der Waals surface area contributed by atoms with E-state index in [1.807, 2.05) is 19.2 Å². The van der Waals surface area contributed by atoms with Crippen LogP contribution in [0.1, 0.15) is 25.5 Å². The molecular formula is C7H9N2O3-. The molecule has 0 radical (unpaired) electrons. The van der Waals surface area contributed by atoms with Crippen LogP contribution in [-0.2, 0) is 0 Å². The number of amides is 1. The van der Waals surface area contributed by atoms with Gasteiger partial charge >= 0.3 is 0 Å². The number of carbonyl (C=O) groups excluding carboxylic acids is 1. The minimum absolute atomic E-state index is 0.165. The molecule has 66 valence electrons. The Morgan fingerprint density at radius 2 is 2.42 bits per heavy atom. The van der Waals surface area contributed by atoms with E-state index in [4.69, 9.17) is 4.52 Å². The van der Waals surface area contributed by atoms with Gasteiger partial charge in [-0.3, -0.25) is 0 Å². The SMILES string of the molecule is CC(C)c1cc(NC(=O)[O-])no1. The van der Waals surface area contributed by atoms with Crippen LogP contribution < -0.4 is 10.4 Å². The molecular weight excluding hydrogens is 160 g/mol. The van der Waals surface area contributed by atoms with Crippen LogP contribution in [0.25, 0.3) is 0 Å². The van der Waals surface area contributed by atoms with Crippen LogP contribution in [0.4, 0.5) is 10.6 Å². The van der Waals surface area contributed by atoms with Crippen molar-refractivity contribution in [3.63, 3.8) is 0 Å². The lowest BCUT2D eigenvalue weighted by atomic mass is 10.2. The maximum atomic E-state index is 10.0. The molecule has 0 unspecified atom stereocenters. The first-order chi connectivity index (χ1) is 5.59. The van der Waals surface area contributed by atoms with Crippen molar-refractivity contribution in [1.82, 2.24) is 5.16 Å². The third kappa shape index (κ3) is 1.98. The molecule has 12 heavy (non-hydrogen) atoms. The van der Waals surface area contributed by atoms with E-state index in [2.05, 4.69) is 5.16 Å². The molecule has 0 saturated carbocycles. The van der Waals surface area contributed by atoms with Gasteiger partial charge in [0.15, 0.2) is 5.82 Å². The van der Waals surface area contributed by atoms with E-state index in [9.17, 15) is 9.90 Å². The molecule has 1 N–H and O–H groups in total. The Bertz CT molecular complexity index is 280. The smallest absolute Gasteiger partial charge is 0.174 e. The third-order valence-electron chi connectivity index (χ3n) is 1.33. The molecule has 1 amide bonds. The molecule has 1 rings (SSSR count). The standard InChI is InChI=1S/C7H10N2O3/c1-4(2)5-3-6(9-12-5)8-7(10)11/h3-4H,1-2H3,(H,8,9)(H,10,11)/p-1. The zero-order chi connectivity index (χ0) is 9.14. The van der Waals surface area contributed by atoms with Gasteiger partial charge in [-0.25, -0.2) is 0 Å². The lowest BCUT2D eigenvalue weighted by Crippen LogP contribution is -2.28. The minimum atomic E-state index is -1.39. The van der Waals surface area contributed by atoms with E-state index < -0.39 is 6.09 Å².